The van der Waals surface area contributed by atoms with Crippen LogP contribution in [0.1, 0.15) is 24.2 Å². The van der Waals surface area contributed by atoms with Gasteiger partial charge in [0.05, 0.1) is 33.9 Å². The van der Waals surface area contributed by atoms with Crippen LogP contribution in [0, 0.1) is 5.82 Å². The van der Waals surface area contributed by atoms with Crippen LogP contribution in [0.2, 0.25) is 5.02 Å². The molecule has 1 aromatic heterocycles. The summed E-state index contributed by atoms with van der Waals surface area (Å²) >= 11 is 9.24. The lowest BCUT2D eigenvalue weighted by molar-refractivity contribution is 0.0527. The SMILES string of the molecule is CCOC(=O)c1cnc2cc(OCC)c(Br)cc2c1Nc1ccc(Cl)c(F)c1. The lowest BCUT2D eigenvalue weighted by Crippen LogP contribution is -2.09. The van der Waals surface area contributed by atoms with E-state index in [1.165, 1.54) is 18.3 Å². The summed E-state index contributed by atoms with van der Waals surface area (Å²) in [5, 5.41) is 3.76. The number of benzene rings is 2. The van der Waals surface area contributed by atoms with Crippen LogP contribution < -0.4 is 10.1 Å². The summed E-state index contributed by atoms with van der Waals surface area (Å²) in [4.78, 5) is 16.8. The maximum Gasteiger partial charge on any atom is 0.341 e. The van der Waals surface area contributed by atoms with Gasteiger partial charge in [-0.2, -0.15) is 0 Å². The average molecular weight is 468 g/mol. The Morgan fingerprint density at radius 3 is 2.71 bits per heavy atom. The van der Waals surface area contributed by atoms with E-state index in [0.29, 0.717) is 39.1 Å². The molecule has 0 radical (unpaired) electrons. The van der Waals surface area contributed by atoms with E-state index in [9.17, 15) is 9.18 Å². The lowest BCUT2D eigenvalue weighted by atomic mass is 10.1. The Morgan fingerprint density at radius 1 is 1.25 bits per heavy atom. The molecule has 0 saturated heterocycles. The van der Waals surface area contributed by atoms with E-state index >= 15 is 0 Å². The van der Waals surface area contributed by atoms with Gasteiger partial charge < -0.3 is 14.8 Å². The fourth-order valence-electron chi connectivity index (χ4n) is 2.68. The summed E-state index contributed by atoms with van der Waals surface area (Å²) in [5.74, 6) is -0.462. The van der Waals surface area contributed by atoms with Crippen LogP contribution >= 0.6 is 27.5 Å². The monoisotopic (exact) mass is 466 g/mol. The molecule has 1 heterocycles. The van der Waals surface area contributed by atoms with Crippen molar-refractivity contribution >= 4 is 55.8 Å². The van der Waals surface area contributed by atoms with Crippen LogP contribution in [-0.4, -0.2) is 24.2 Å². The highest BCUT2D eigenvalue weighted by Crippen LogP contribution is 2.36. The number of pyridine rings is 1. The van der Waals surface area contributed by atoms with Crippen LogP contribution in [0.25, 0.3) is 10.9 Å². The second-order valence-electron chi connectivity index (χ2n) is 5.75. The largest absolute Gasteiger partial charge is 0.493 e. The van der Waals surface area contributed by atoms with Crippen molar-refractivity contribution < 1.29 is 18.7 Å². The smallest absolute Gasteiger partial charge is 0.341 e. The summed E-state index contributed by atoms with van der Waals surface area (Å²) in [6, 6.07) is 7.88. The maximum absolute atomic E-state index is 13.9. The van der Waals surface area contributed by atoms with Gasteiger partial charge in [-0.3, -0.25) is 4.98 Å². The van der Waals surface area contributed by atoms with Crippen molar-refractivity contribution in [2.45, 2.75) is 13.8 Å². The van der Waals surface area contributed by atoms with Crippen LogP contribution in [0.5, 0.6) is 5.75 Å². The van der Waals surface area contributed by atoms with Crippen molar-refractivity contribution in [3.05, 3.63) is 57.4 Å². The molecule has 3 aromatic rings. The van der Waals surface area contributed by atoms with E-state index in [1.807, 2.05) is 6.92 Å². The number of carbonyl (C=O) groups is 1. The maximum atomic E-state index is 13.9. The quantitative estimate of drug-likeness (QED) is 0.443. The van der Waals surface area contributed by atoms with Crippen molar-refractivity contribution in [2.75, 3.05) is 18.5 Å². The van der Waals surface area contributed by atoms with Gasteiger partial charge in [0.25, 0.3) is 0 Å². The number of halogens is 3. The number of aromatic nitrogens is 1. The van der Waals surface area contributed by atoms with E-state index in [-0.39, 0.29) is 17.2 Å². The molecule has 146 valence electrons. The van der Waals surface area contributed by atoms with E-state index in [0.717, 1.165) is 0 Å². The van der Waals surface area contributed by atoms with Crippen molar-refractivity contribution in [2.24, 2.45) is 0 Å². The normalized spacial score (nSPS) is 10.8. The predicted octanol–water partition coefficient (Wildman–Crippen LogP) is 6.11. The highest BCUT2D eigenvalue weighted by molar-refractivity contribution is 9.10. The Morgan fingerprint density at radius 2 is 2.04 bits per heavy atom. The highest BCUT2D eigenvalue weighted by Gasteiger charge is 2.19. The summed E-state index contributed by atoms with van der Waals surface area (Å²) in [7, 11) is 0. The summed E-state index contributed by atoms with van der Waals surface area (Å²) in [5.41, 5.74) is 1.73. The number of carbonyl (C=O) groups excluding carboxylic acids is 1. The molecule has 0 atom stereocenters. The zero-order valence-corrected chi connectivity index (χ0v) is 17.5. The molecule has 0 amide bonds. The molecule has 0 unspecified atom stereocenters. The van der Waals surface area contributed by atoms with E-state index in [4.69, 9.17) is 21.1 Å². The third kappa shape index (κ3) is 4.20. The van der Waals surface area contributed by atoms with Gasteiger partial charge in [0.2, 0.25) is 0 Å². The first kappa shape index (κ1) is 20.4. The molecule has 5 nitrogen and oxygen atoms in total. The number of nitrogens with zero attached hydrogens (tertiary/aromatic N) is 1. The standard InChI is InChI=1S/C20H17BrClFN2O3/c1-3-27-18-9-17-12(8-14(18)21)19(13(10-24-17)20(26)28-4-2)25-11-5-6-15(22)16(23)7-11/h5-10H,3-4H2,1-2H3,(H,24,25). The number of fused-ring (bicyclic) bond motifs is 1. The molecule has 0 aliphatic carbocycles. The minimum Gasteiger partial charge on any atom is -0.493 e. The van der Waals surface area contributed by atoms with Crippen LogP contribution in [0.3, 0.4) is 0 Å². The van der Waals surface area contributed by atoms with Gasteiger partial charge in [-0.25, -0.2) is 9.18 Å². The molecule has 0 saturated carbocycles. The first-order valence-electron chi connectivity index (χ1n) is 8.58. The van der Waals surface area contributed by atoms with Gasteiger partial charge >= 0.3 is 5.97 Å². The number of rotatable bonds is 6. The number of anilines is 2. The van der Waals surface area contributed by atoms with Gasteiger partial charge in [-0.15, -0.1) is 0 Å². The molecule has 0 bridgehead atoms. The zero-order valence-electron chi connectivity index (χ0n) is 15.2. The Hall–Kier alpha value is -2.38. The van der Waals surface area contributed by atoms with Crippen molar-refractivity contribution in [1.29, 1.82) is 0 Å². The zero-order chi connectivity index (χ0) is 20.3. The first-order chi connectivity index (χ1) is 13.4. The Labute approximate surface area is 174 Å². The van der Waals surface area contributed by atoms with Crippen LogP contribution in [0.4, 0.5) is 15.8 Å². The van der Waals surface area contributed by atoms with E-state index < -0.39 is 11.8 Å². The van der Waals surface area contributed by atoms with Gasteiger partial charge in [0.15, 0.2) is 0 Å². The Balaban J connectivity index is 2.18. The third-order valence-electron chi connectivity index (χ3n) is 3.91. The molecule has 28 heavy (non-hydrogen) atoms. The molecule has 0 aliphatic rings. The first-order valence-corrected chi connectivity index (χ1v) is 9.76. The molecular formula is C20H17BrClFN2O3. The summed E-state index contributed by atoms with van der Waals surface area (Å²) in [6.45, 7) is 4.33. The molecular weight excluding hydrogens is 451 g/mol. The third-order valence-corrected chi connectivity index (χ3v) is 4.83. The van der Waals surface area contributed by atoms with Crippen molar-refractivity contribution in [3.8, 4) is 5.75 Å². The molecule has 2 aromatic carbocycles. The van der Waals surface area contributed by atoms with Gasteiger partial charge in [-0.05, 0) is 54.0 Å². The summed E-state index contributed by atoms with van der Waals surface area (Å²) < 4.78 is 25.3. The summed E-state index contributed by atoms with van der Waals surface area (Å²) in [6.07, 6.45) is 1.43. The van der Waals surface area contributed by atoms with Crippen LogP contribution in [-0.2, 0) is 4.74 Å². The number of ether oxygens (including phenoxy) is 2. The fraction of sp³-hybridized carbons (Fsp3) is 0.200. The number of hydrogen-bond donors (Lipinski definition) is 1. The van der Waals surface area contributed by atoms with Gasteiger partial charge in [0, 0.05) is 23.3 Å². The number of nitrogens with one attached hydrogen (secondary N) is 1. The average Bonchev–Trinajstić information content (AvgIpc) is 2.66. The molecule has 0 spiro atoms. The minimum absolute atomic E-state index is 0.0138. The van der Waals surface area contributed by atoms with Crippen LogP contribution in [0.15, 0.2) is 41.0 Å². The van der Waals surface area contributed by atoms with Gasteiger partial charge in [0.1, 0.15) is 17.1 Å². The second-order valence-corrected chi connectivity index (χ2v) is 7.02. The molecule has 0 aliphatic heterocycles. The van der Waals surface area contributed by atoms with Crippen molar-refractivity contribution in [1.82, 2.24) is 4.98 Å². The Kier molecular flexibility index (Phi) is 6.36. The molecule has 0 fully saturated rings. The lowest BCUT2D eigenvalue weighted by Gasteiger charge is -2.16. The van der Waals surface area contributed by atoms with E-state index in [1.54, 1.807) is 25.1 Å². The number of hydrogen-bond acceptors (Lipinski definition) is 5. The molecule has 3 rings (SSSR count). The predicted molar refractivity (Wildman–Crippen MR) is 111 cm³/mol. The highest BCUT2D eigenvalue weighted by atomic mass is 79.9. The fourth-order valence-corrected chi connectivity index (χ4v) is 3.25. The molecule has 8 heteroatoms. The second kappa shape index (κ2) is 8.75. The number of esters is 1. The Bertz CT molecular complexity index is 1050. The minimum atomic E-state index is -0.567. The van der Waals surface area contributed by atoms with Gasteiger partial charge in [-0.1, -0.05) is 11.6 Å². The van der Waals surface area contributed by atoms with Crippen molar-refractivity contribution in [3.63, 3.8) is 0 Å². The topological polar surface area (TPSA) is 60.5 Å². The van der Waals surface area contributed by atoms with E-state index in [2.05, 4.69) is 26.2 Å². The molecule has 1 N–H and O–H groups in total.